The van der Waals surface area contributed by atoms with E-state index in [1.54, 1.807) is 19.9 Å². The molecule has 0 unspecified atom stereocenters. The van der Waals surface area contributed by atoms with E-state index in [-0.39, 0.29) is 29.9 Å². The highest BCUT2D eigenvalue weighted by Crippen LogP contribution is 2.47. The van der Waals surface area contributed by atoms with Crippen LogP contribution in [-0.2, 0) is 33.3 Å². The zero-order valence-electron chi connectivity index (χ0n) is 17.9. The number of alkyl halides is 1. The van der Waals surface area contributed by atoms with Crippen molar-refractivity contribution in [2.75, 3.05) is 12.5 Å². The summed E-state index contributed by atoms with van der Waals surface area (Å²) < 4.78 is 22.0. The predicted molar refractivity (Wildman–Crippen MR) is 107 cm³/mol. The second-order valence-corrected chi connectivity index (χ2v) is 9.04. The first-order valence-corrected chi connectivity index (χ1v) is 10.6. The molecule has 3 aliphatic rings. The van der Waals surface area contributed by atoms with E-state index >= 15 is 0 Å². The van der Waals surface area contributed by atoms with Gasteiger partial charge >= 0.3 is 17.9 Å². The van der Waals surface area contributed by atoms with Gasteiger partial charge < -0.3 is 29.2 Å². The van der Waals surface area contributed by atoms with Crippen molar-refractivity contribution in [1.82, 2.24) is 0 Å². The maximum absolute atomic E-state index is 12.6. The van der Waals surface area contributed by atoms with Crippen molar-refractivity contribution in [3.63, 3.8) is 0 Å². The topological polar surface area (TPSA) is 129 Å². The molecule has 31 heavy (non-hydrogen) atoms. The molecule has 2 bridgehead atoms. The molecule has 3 heterocycles. The minimum absolute atomic E-state index is 0.0188. The Labute approximate surface area is 184 Å². The Kier molecular flexibility index (Phi) is 6.27. The highest BCUT2D eigenvalue weighted by Gasteiger charge is 2.52. The molecule has 0 spiro atoms. The Hall–Kier alpha value is -1.94. The smallest absolute Gasteiger partial charge is 0.343 e. The maximum atomic E-state index is 12.6. The fourth-order valence-corrected chi connectivity index (χ4v) is 4.05. The number of halogens is 1. The van der Waals surface area contributed by atoms with Crippen LogP contribution in [0.5, 0.6) is 0 Å². The molecular formula is C21H27ClO9. The van der Waals surface area contributed by atoms with Gasteiger partial charge in [0.25, 0.3) is 0 Å². The van der Waals surface area contributed by atoms with Crippen molar-refractivity contribution >= 4 is 29.5 Å². The van der Waals surface area contributed by atoms with Crippen LogP contribution in [0.1, 0.15) is 47.0 Å². The number of fused-ring (bicyclic) bond motifs is 3. The Bertz CT molecular complexity index is 861. The van der Waals surface area contributed by atoms with Crippen LogP contribution in [-0.4, -0.2) is 63.7 Å². The lowest BCUT2D eigenvalue weighted by Crippen LogP contribution is -2.43. The van der Waals surface area contributed by atoms with Gasteiger partial charge in [0.05, 0.1) is 17.1 Å². The molecule has 0 amide bonds. The fraction of sp³-hybridized carbons (Fsp3) is 0.667. The first kappa shape index (κ1) is 23.7. The standard InChI is InChI=1S/C21H27ClO9/c1-11-7-14(30-18(25)20(4,26)10-22)16-13(9-28-12(2)23)17(24)29-15(16)8-19(3)5-6-21(11,27)31-19/h8,11,14,26-27H,5-7,9-10H2,1-4H3/t11-,14+,19+,20+,21-/m1/s1. The number of aliphatic hydroxyl groups is 2. The summed E-state index contributed by atoms with van der Waals surface area (Å²) in [5, 5.41) is 21.3. The molecule has 0 aromatic carbocycles. The van der Waals surface area contributed by atoms with Gasteiger partial charge in [-0.25, -0.2) is 9.59 Å². The summed E-state index contributed by atoms with van der Waals surface area (Å²) in [6, 6.07) is 0. The van der Waals surface area contributed by atoms with Gasteiger partial charge in [-0.1, -0.05) is 6.92 Å². The molecule has 2 N–H and O–H groups in total. The number of hydrogen-bond acceptors (Lipinski definition) is 9. The van der Waals surface area contributed by atoms with Gasteiger partial charge in [0, 0.05) is 24.8 Å². The summed E-state index contributed by atoms with van der Waals surface area (Å²) in [4.78, 5) is 36.5. The molecule has 1 fully saturated rings. The third-order valence-electron chi connectivity index (χ3n) is 5.89. The second-order valence-electron chi connectivity index (χ2n) is 8.77. The van der Waals surface area contributed by atoms with Crippen molar-refractivity contribution in [2.45, 2.75) is 70.1 Å². The van der Waals surface area contributed by atoms with Crippen molar-refractivity contribution in [1.29, 1.82) is 0 Å². The molecule has 0 aliphatic carbocycles. The summed E-state index contributed by atoms with van der Waals surface area (Å²) in [5.74, 6) is -4.63. The predicted octanol–water partition coefficient (Wildman–Crippen LogP) is 1.49. The molecule has 0 radical (unpaired) electrons. The van der Waals surface area contributed by atoms with E-state index in [1.165, 1.54) is 13.8 Å². The van der Waals surface area contributed by atoms with Crippen molar-refractivity contribution in [3.8, 4) is 0 Å². The first-order valence-electron chi connectivity index (χ1n) is 10.0. The van der Waals surface area contributed by atoms with E-state index < -0.39 is 52.8 Å². The molecule has 5 atom stereocenters. The van der Waals surface area contributed by atoms with Crippen LogP contribution in [0.4, 0.5) is 0 Å². The summed E-state index contributed by atoms with van der Waals surface area (Å²) in [5.41, 5.74) is -2.66. The molecule has 3 aliphatic heterocycles. The Morgan fingerprint density at radius 2 is 2.06 bits per heavy atom. The van der Waals surface area contributed by atoms with Gasteiger partial charge in [0.15, 0.2) is 11.4 Å². The molecule has 0 saturated carbocycles. The van der Waals surface area contributed by atoms with Crippen LogP contribution in [0.15, 0.2) is 23.0 Å². The van der Waals surface area contributed by atoms with Crippen LogP contribution in [0, 0.1) is 5.92 Å². The van der Waals surface area contributed by atoms with Crippen LogP contribution in [0.2, 0.25) is 0 Å². The average molecular weight is 459 g/mol. The monoisotopic (exact) mass is 458 g/mol. The molecule has 0 aromatic heterocycles. The van der Waals surface area contributed by atoms with Gasteiger partial charge in [-0.2, -0.15) is 0 Å². The van der Waals surface area contributed by atoms with Crippen molar-refractivity contribution in [2.24, 2.45) is 5.92 Å². The number of hydrogen-bond donors (Lipinski definition) is 2. The van der Waals surface area contributed by atoms with Gasteiger partial charge in [0.1, 0.15) is 18.5 Å². The van der Waals surface area contributed by atoms with Gasteiger partial charge in [-0.3, -0.25) is 4.79 Å². The van der Waals surface area contributed by atoms with Crippen LogP contribution in [0.25, 0.3) is 0 Å². The van der Waals surface area contributed by atoms with E-state index in [0.717, 1.165) is 0 Å². The zero-order valence-corrected chi connectivity index (χ0v) is 18.7. The lowest BCUT2D eigenvalue weighted by molar-refractivity contribution is -0.239. The molecule has 9 nitrogen and oxygen atoms in total. The van der Waals surface area contributed by atoms with E-state index in [9.17, 15) is 24.6 Å². The number of rotatable bonds is 5. The average Bonchev–Trinajstić information content (AvgIpc) is 3.15. The minimum Gasteiger partial charge on any atom is -0.461 e. The van der Waals surface area contributed by atoms with Crippen LogP contribution >= 0.6 is 11.6 Å². The number of ether oxygens (including phenoxy) is 4. The largest absolute Gasteiger partial charge is 0.461 e. The zero-order chi connectivity index (χ0) is 23.2. The highest BCUT2D eigenvalue weighted by atomic mass is 35.5. The summed E-state index contributed by atoms with van der Waals surface area (Å²) in [6.07, 6.45) is 1.35. The molecule has 10 heteroatoms. The molecule has 172 valence electrons. The van der Waals surface area contributed by atoms with E-state index in [0.29, 0.717) is 12.8 Å². The summed E-state index contributed by atoms with van der Waals surface area (Å²) >= 11 is 5.69. The molecule has 3 rings (SSSR count). The van der Waals surface area contributed by atoms with Gasteiger partial charge in [-0.05, 0) is 32.8 Å². The van der Waals surface area contributed by atoms with Crippen molar-refractivity contribution in [3.05, 3.63) is 23.0 Å². The lowest BCUT2D eigenvalue weighted by Gasteiger charge is -2.33. The van der Waals surface area contributed by atoms with Crippen LogP contribution in [0.3, 0.4) is 0 Å². The summed E-state index contributed by atoms with van der Waals surface area (Å²) in [7, 11) is 0. The van der Waals surface area contributed by atoms with Crippen LogP contribution < -0.4 is 0 Å². The number of esters is 3. The first-order chi connectivity index (χ1) is 14.3. The fourth-order valence-electron chi connectivity index (χ4n) is 3.95. The van der Waals surface area contributed by atoms with E-state index in [2.05, 4.69) is 0 Å². The quantitative estimate of drug-likeness (QED) is 0.357. The third kappa shape index (κ3) is 4.64. The van der Waals surface area contributed by atoms with Crippen molar-refractivity contribution < 1.29 is 43.5 Å². The second kappa shape index (κ2) is 8.20. The molecule has 1 saturated heterocycles. The maximum Gasteiger partial charge on any atom is 0.343 e. The lowest BCUT2D eigenvalue weighted by atomic mass is 9.85. The third-order valence-corrected chi connectivity index (χ3v) is 6.41. The minimum atomic E-state index is -1.97. The molecule has 0 aromatic rings. The summed E-state index contributed by atoms with van der Waals surface area (Å²) in [6.45, 7) is 5.52. The van der Waals surface area contributed by atoms with Gasteiger partial charge in [-0.15, -0.1) is 11.6 Å². The number of carbonyl (C=O) groups excluding carboxylic acids is 3. The Morgan fingerprint density at radius 1 is 1.39 bits per heavy atom. The normalized spacial score (nSPS) is 34.5. The van der Waals surface area contributed by atoms with Gasteiger partial charge in [0.2, 0.25) is 0 Å². The van der Waals surface area contributed by atoms with E-state index in [1.807, 2.05) is 0 Å². The highest BCUT2D eigenvalue weighted by molar-refractivity contribution is 6.20. The number of carbonyl (C=O) groups is 3. The Morgan fingerprint density at radius 3 is 2.68 bits per heavy atom. The Balaban J connectivity index is 2.11. The van der Waals surface area contributed by atoms with E-state index in [4.69, 9.17) is 30.5 Å². The SMILES string of the molecule is CC(=O)OCC1=C2C(=C[C@]3(C)CC[C@@](O)(O3)[C@H](C)C[C@@H]2OC(=O)[C@@](C)(O)CCl)OC1=O. The molecular weight excluding hydrogens is 432 g/mol.